The van der Waals surface area contributed by atoms with E-state index < -0.39 is 24.2 Å². The lowest BCUT2D eigenvalue weighted by Crippen LogP contribution is -2.15. The maximum absolute atomic E-state index is 15.8. The molecular weight excluding hydrogens is 475 g/mol. The van der Waals surface area contributed by atoms with E-state index in [1.165, 1.54) is 20.4 Å². The number of imidazole rings is 1. The molecule has 184 valence electrons. The number of nitrogens with zero attached hydrogens (tertiary/aromatic N) is 7. The van der Waals surface area contributed by atoms with Crippen LogP contribution in [0.15, 0.2) is 43.0 Å². The van der Waals surface area contributed by atoms with Crippen LogP contribution in [0.5, 0.6) is 11.9 Å². The first-order chi connectivity index (χ1) is 17.4. The lowest BCUT2D eigenvalue weighted by Gasteiger charge is -2.19. The van der Waals surface area contributed by atoms with Crippen molar-refractivity contribution < 1.29 is 22.6 Å². The van der Waals surface area contributed by atoms with E-state index in [1.807, 2.05) is 6.07 Å². The number of rotatable bonds is 7. The Bertz CT molecular complexity index is 1610. The minimum absolute atomic E-state index is 0.0679. The Morgan fingerprint density at radius 3 is 2.64 bits per heavy atom. The van der Waals surface area contributed by atoms with Gasteiger partial charge in [-0.2, -0.15) is 15.2 Å². The Kier molecular flexibility index (Phi) is 5.06. The molecule has 0 spiro atoms. The standard InChI is InChI=1S/C24H20F3N7O2/c1-35-22-14(10-29-23(30-22)36-2)17-9-16(21-28-7-8-34(21)31-17)24(5-6-24)15-4-3-13-11-33(12-18(25)26)32-20(13)19(15)27/h3-4,7-11,18H,5-6,12H2,1-2H3. The van der Waals surface area contributed by atoms with Gasteiger partial charge in [-0.1, -0.05) is 12.1 Å². The molecule has 9 nitrogen and oxygen atoms in total. The predicted octanol–water partition coefficient (Wildman–Crippen LogP) is 4.04. The van der Waals surface area contributed by atoms with Crippen molar-refractivity contribution >= 4 is 16.6 Å². The number of ether oxygens (including phenoxy) is 2. The molecule has 1 aliphatic rings. The van der Waals surface area contributed by atoms with E-state index in [-0.39, 0.29) is 17.4 Å². The summed E-state index contributed by atoms with van der Waals surface area (Å²) in [4.78, 5) is 12.9. The predicted molar refractivity (Wildman–Crippen MR) is 123 cm³/mol. The first-order valence-corrected chi connectivity index (χ1v) is 11.2. The van der Waals surface area contributed by atoms with Crippen molar-refractivity contribution in [3.63, 3.8) is 0 Å². The molecule has 0 unspecified atom stereocenters. The van der Waals surface area contributed by atoms with Crippen molar-refractivity contribution in [2.75, 3.05) is 14.2 Å². The smallest absolute Gasteiger partial charge is 0.319 e. The fraction of sp³-hybridized carbons (Fsp3) is 0.292. The van der Waals surface area contributed by atoms with Crippen LogP contribution in [0.4, 0.5) is 13.2 Å². The lowest BCUT2D eigenvalue weighted by atomic mass is 9.87. The molecule has 0 amide bonds. The summed E-state index contributed by atoms with van der Waals surface area (Å²) in [6.45, 7) is -0.594. The zero-order valence-corrected chi connectivity index (χ0v) is 19.3. The fourth-order valence-corrected chi connectivity index (χ4v) is 4.70. The number of hydrogen-bond acceptors (Lipinski definition) is 7. The van der Waals surface area contributed by atoms with Crippen molar-refractivity contribution in [1.82, 2.24) is 34.3 Å². The third-order valence-corrected chi connectivity index (χ3v) is 6.51. The summed E-state index contributed by atoms with van der Waals surface area (Å²) < 4.78 is 54.8. The summed E-state index contributed by atoms with van der Waals surface area (Å²) in [5, 5.41) is 9.20. The van der Waals surface area contributed by atoms with Gasteiger partial charge in [-0.15, -0.1) is 0 Å². The van der Waals surface area contributed by atoms with Gasteiger partial charge < -0.3 is 9.47 Å². The highest BCUT2D eigenvalue weighted by molar-refractivity contribution is 5.81. The van der Waals surface area contributed by atoms with E-state index in [0.717, 1.165) is 10.2 Å². The second kappa shape index (κ2) is 8.18. The van der Waals surface area contributed by atoms with Gasteiger partial charge in [-0.25, -0.2) is 27.7 Å². The molecule has 1 aromatic carbocycles. The third kappa shape index (κ3) is 3.43. The molecule has 0 radical (unpaired) electrons. The van der Waals surface area contributed by atoms with Crippen molar-refractivity contribution in [1.29, 1.82) is 0 Å². The van der Waals surface area contributed by atoms with Crippen LogP contribution in [0, 0.1) is 5.82 Å². The second-order valence-corrected chi connectivity index (χ2v) is 8.61. The molecule has 0 N–H and O–H groups in total. The van der Waals surface area contributed by atoms with E-state index >= 15 is 4.39 Å². The van der Waals surface area contributed by atoms with Crippen LogP contribution in [0.2, 0.25) is 0 Å². The quantitative estimate of drug-likeness (QED) is 0.337. The number of fused-ring (bicyclic) bond motifs is 2. The molecule has 1 aliphatic carbocycles. The topological polar surface area (TPSA) is 92.2 Å². The van der Waals surface area contributed by atoms with Crippen LogP contribution in [-0.4, -0.2) is 55.0 Å². The van der Waals surface area contributed by atoms with Crippen LogP contribution in [-0.2, 0) is 12.0 Å². The molecule has 6 rings (SSSR count). The highest BCUT2D eigenvalue weighted by Crippen LogP contribution is 2.56. The van der Waals surface area contributed by atoms with Gasteiger partial charge in [0.25, 0.3) is 6.43 Å². The van der Waals surface area contributed by atoms with Crippen LogP contribution >= 0.6 is 0 Å². The highest BCUT2D eigenvalue weighted by Gasteiger charge is 2.50. The van der Waals surface area contributed by atoms with Gasteiger partial charge in [0.05, 0.1) is 25.5 Å². The molecule has 0 atom stereocenters. The first-order valence-electron chi connectivity index (χ1n) is 11.2. The average Bonchev–Trinajstić information content (AvgIpc) is 3.33. The van der Waals surface area contributed by atoms with E-state index in [9.17, 15) is 8.78 Å². The zero-order valence-electron chi connectivity index (χ0n) is 19.3. The summed E-state index contributed by atoms with van der Waals surface area (Å²) in [6.07, 6.45) is 5.09. The monoisotopic (exact) mass is 495 g/mol. The molecule has 0 saturated heterocycles. The summed E-state index contributed by atoms with van der Waals surface area (Å²) in [5.74, 6) is -0.242. The zero-order chi connectivity index (χ0) is 25.0. The summed E-state index contributed by atoms with van der Waals surface area (Å²) in [5.41, 5.74) is 2.26. The van der Waals surface area contributed by atoms with E-state index in [0.29, 0.717) is 40.7 Å². The van der Waals surface area contributed by atoms with E-state index in [1.54, 1.807) is 35.2 Å². The minimum atomic E-state index is -2.58. The molecule has 0 bridgehead atoms. The Balaban J connectivity index is 1.51. The molecule has 1 fully saturated rings. The van der Waals surface area contributed by atoms with Gasteiger partial charge in [-0.05, 0) is 18.9 Å². The number of hydrogen-bond donors (Lipinski definition) is 0. The molecular formula is C24H20F3N7O2. The van der Waals surface area contributed by atoms with Crippen molar-refractivity contribution in [3.8, 4) is 23.1 Å². The molecule has 5 aromatic rings. The Hall–Kier alpha value is -4.22. The number of benzene rings is 1. The molecule has 4 heterocycles. The summed E-state index contributed by atoms with van der Waals surface area (Å²) in [7, 11) is 2.95. The highest BCUT2D eigenvalue weighted by atomic mass is 19.3. The maximum Gasteiger partial charge on any atom is 0.319 e. The lowest BCUT2D eigenvalue weighted by molar-refractivity contribution is 0.122. The Labute approximate surface area is 202 Å². The number of halogens is 3. The largest absolute Gasteiger partial charge is 0.480 e. The number of aromatic nitrogens is 7. The van der Waals surface area contributed by atoms with E-state index in [4.69, 9.17) is 9.47 Å². The molecule has 12 heteroatoms. The Morgan fingerprint density at radius 2 is 1.92 bits per heavy atom. The first kappa shape index (κ1) is 22.3. The minimum Gasteiger partial charge on any atom is -0.480 e. The summed E-state index contributed by atoms with van der Waals surface area (Å²) in [6, 6.07) is 5.42. The second-order valence-electron chi connectivity index (χ2n) is 8.61. The summed E-state index contributed by atoms with van der Waals surface area (Å²) >= 11 is 0. The van der Waals surface area contributed by atoms with Gasteiger partial charge in [0.2, 0.25) is 5.88 Å². The van der Waals surface area contributed by atoms with Crippen LogP contribution in [0.1, 0.15) is 24.0 Å². The van der Waals surface area contributed by atoms with Crippen molar-refractivity contribution in [2.24, 2.45) is 0 Å². The van der Waals surface area contributed by atoms with Crippen LogP contribution in [0.25, 0.3) is 27.8 Å². The van der Waals surface area contributed by atoms with Crippen molar-refractivity contribution in [2.45, 2.75) is 31.2 Å². The number of alkyl halides is 2. The third-order valence-electron chi connectivity index (χ3n) is 6.51. The normalized spacial score (nSPS) is 14.6. The van der Waals surface area contributed by atoms with Gasteiger partial charge in [0, 0.05) is 46.7 Å². The van der Waals surface area contributed by atoms with Crippen LogP contribution in [0.3, 0.4) is 0 Å². The molecule has 4 aromatic heterocycles. The van der Waals surface area contributed by atoms with E-state index in [2.05, 4.69) is 25.1 Å². The molecule has 0 aliphatic heterocycles. The SMILES string of the molecule is COc1ncc(-c2cc(C3(c4ccc5cn(CC(F)F)nc5c4F)CC3)c3nccn3n2)c(OC)n1. The average molecular weight is 495 g/mol. The van der Waals surface area contributed by atoms with Gasteiger partial charge in [-0.3, -0.25) is 4.68 Å². The fourth-order valence-electron chi connectivity index (χ4n) is 4.70. The van der Waals surface area contributed by atoms with Gasteiger partial charge >= 0.3 is 6.01 Å². The maximum atomic E-state index is 15.8. The van der Waals surface area contributed by atoms with Gasteiger partial charge in [0.15, 0.2) is 11.5 Å². The van der Waals surface area contributed by atoms with Gasteiger partial charge in [0.1, 0.15) is 12.1 Å². The molecule has 1 saturated carbocycles. The number of methoxy groups -OCH3 is 2. The Morgan fingerprint density at radius 1 is 1.08 bits per heavy atom. The molecule has 36 heavy (non-hydrogen) atoms. The van der Waals surface area contributed by atoms with Crippen molar-refractivity contribution in [3.05, 3.63) is 59.9 Å². The van der Waals surface area contributed by atoms with Crippen LogP contribution < -0.4 is 9.47 Å².